The molecule has 2 heteroatoms. The second kappa shape index (κ2) is 12.3. The number of hydrogen-bond acceptors (Lipinski definition) is 2. The molecule has 3 unspecified atom stereocenters. The highest BCUT2D eigenvalue weighted by Crippen LogP contribution is 2.25. The summed E-state index contributed by atoms with van der Waals surface area (Å²) in [6.07, 6.45) is 10.8. The van der Waals surface area contributed by atoms with Crippen LogP contribution in [0, 0.1) is 5.92 Å². The highest BCUT2D eigenvalue weighted by atomic mass is 16.3. The molecule has 0 aliphatic heterocycles. The average Bonchev–Trinajstić information content (AvgIpc) is 2.58. The Labute approximate surface area is 142 Å². The molecule has 0 radical (unpaired) electrons. The van der Waals surface area contributed by atoms with Gasteiger partial charge in [-0.1, -0.05) is 81.9 Å². The summed E-state index contributed by atoms with van der Waals surface area (Å²) in [6, 6.07) is 9.71. The van der Waals surface area contributed by atoms with E-state index in [9.17, 15) is 10.2 Å². The van der Waals surface area contributed by atoms with Crippen molar-refractivity contribution in [2.24, 2.45) is 5.92 Å². The van der Waals surface area contributed by atoms with E-state index in [0.717, 1.165) is 18.4 Å². The number of aliphatic hydroxyl groups excluding tert-OH is 2. The van der Waals surface area contributed by atoms with Crippen LogP contribution in [0.1, 0.15) is 76.4 Å². The van der Waals surface area contributed by atoms with Gasteiger partial charge in [0.2, 0.25) is 0 Å². The average molecular weight is 319 g/mol. The number of rotatable bonds is 13. The van der Waals surface area contributed by atoms with E-state index in [1.807, 2.05) is 36.4 Å². The first kappa shape index (κ1) is 19.9. The van der Waals surface area contributed by atoms with Crippen LogP contribution >= 0.6 is 0 Å². The summed E-state index contributed by atoms with van der Waals surface area (Å²) in [6.45, 7) is 6.09. The van der Waals surface area contributed by atoms with E-state index in [1.165, 1.54) is 32.1 Å². The van der Waals surface area contributed by atoms with Crippen molar-refractivity contribution in [1.29, 1.82) is 0 Å². The van der Waals surface area contributed by atoms with E-state index in [2.05, 4.69) is 13.5 Å². The van der Waals surface area contributed by atoms with Crippen molar-refractivity contribution in [1.82, 2.24) is 0 Å². The summed E-state index contributed by atoms with van der Waals surface area (Å²) in [5, 5.41) is 20.5. The molecular weight excluding hydrogens is 284 g/mol. The van der Waals surface area contributed by atoms with Crippen molar-refractivity contribution < 1.29 is 10.2 Å². The summed E-state index contributed by atoms with van der Waals surface area (Å²) in [5.74, 6) is 0.153. The van der Waals surface area contributed by atoms with Crippen LogP contribution in [0.4, 0.5) is 0 Å². The third kappa shape index (κ3) is 8.92. The first-order valence-electron chi connectivity index (χ1n) is 9.21. The maximum Gasteiger partial charge on any atom is 0.0795 e. The van der Waals surface area contributed by atoms with Crippen molar-refractivity contribution in [2.75, 3.05) is 0 Å². The van der Waals surface area contributed by atoms with Crippen LogP contribution in [-0.2, 0) is 0 Å². The number of hydrogen-bond donors (Lipinski definition) is 2. The van der Waals surface area contributed by atoms with Gasteiger partial charge in [-0.2, -0.15) is 0 Å². The summed E-state index contributed by atoms with van der Waals surface area (Å²) < 4.78 is 0. The molecular formula is C21H34O2. The number of aliphatic hydroxyl groups is 2. The van der Waals surface area contributed by atoms with Crippen molar-refractivity contribution >= 4 is 0 Å². The number of benzene rings is 1. The van der Waals surface area contributed by atoms with E-state index < -0.39 is 6.10 Å². The Kier molecular flexibility index (Phi) is 10.7. The van der Waals surface area contributed by atoms with Gasteiger partial charge in [0.15, 0.2) is 0 Å². The Morgan fingerprint density at radius 3 is 2.26 bits per heavy atom. The first-order valence-corrected chi connectivity index (χ1v) is 9.21. The highest BCUT2D eigenvalue weighted by Gasteiger charge is 2.17. The van der Waals surface area contributed by atoms with Crippen LogP contribution in [0.3, 0.4) is 0 Å². The van der Waals surface area contributed by atoms with Crippen LogP contribution in [0.15, 0.2) is 43.0 Å². The molecule has 0 aromatic heterocycles. The van der Waals surface area contributed by atoms with E-state index in [0.29, 0.717) is 12.8 Å². The second-order valence-corrected chi connectivity index (χ2v) is 6.60. The van der Waals surface area contributed by atoms with Crippen LogP contribution in [0.2, 0.25) is 0 Å². The summed E-state index contributed by atoms with van der Waals surface area (Å²) in [4.78, 5) is 0. The number of allylic oxidation sites excluding steroid dienone is 1. The topological polar surface area (TPSA) is 40.5 Å². The van der Waals surface area contributed by atoms with E-state index in [1.54, 1.807) is 0 Å². The lowest BCUT2D eigenvalue weighted by atomic mass is 9.91. The van der Waals surface area contributed by atoms with E-state index in [4.69, 9.17) is 0 Å². The van der Waals surface area contributed by atoms with Gasteiger partial charge in [-0.05, 0) is 30.7 Å². The van der Waals surface area contributed by atoms with Crippen LogP contribution in [0.5, 0.6) is 0 Å². The van der Waals surface area contributed by atoms with E-state index in [-0.39, 0.29) is 12.0 Å². The predicted octanol–water partition coefficient (Wildman–Crippen LogP) is 5.41. The Morgan fingerprint density at radius 1 is 0.957 bits per heavy atom. The van der Waals surface area contributed by atoms with Gasteiger partial charge >= 0.3 is 0 Å². The second-order valence-electron chi connectivity index (χ2n) is 6.60. The number of unbranched alkanes of at least 4 members (excludes halogenated alkanes) is 5. The molecule has 0 spiro atoms. The van der Waals surface area contributed by atoms with Gasteiger partial charge in [0.05, 0.1) is 12.2 Å². The molecule has 130 valence electrons. The maximum atomic E-state index is 10.3. The first-order chi connectivity index (χ1) is 11.2. The Balaban J connectivity index is 2.25. The Bertz CT molecular complexity index is 402. The fourth-order valence-electron chi connectivity index (χ4n) is 3.01. The smallest absolute Gasteiger partial charge is 0.0795 e. The molecule has 0 aliphatic carbocycles. The Morgan fingerprint density at radius 2 is 1.61 bits per heavy atom. The molecule has 1 aromatic rings. The Hall–Kier alpha value is -1.12. The molecule has 0 saturated carbocycles. The van der Waals surface area contributed by atoms with Gasteiger partial charge in [0.1, 0.15) is 0 Å². The lowest BCUT2D eigenvalue weighted by molar-refractivity contribution is 0.109. The molecule has 0 fully saturated rings. The quantitative estimate of drug-likeness (QED) is 0.377. The third-order valence-corrected chi connectivity index (χ3v) is 4.51. The molecule has 0 bridgehead atoms. The maximum absolute atomic E-state index is 10.3. The van der Waals surface area contributed by atoms with Gasteiger partial charge < -0.3 is 10.2 Å². The SMILES string of the molecule is C=CC(CC(O)CCCCCCCC)CC(O)c1ccccc1. The molecule has 1 aromatic carbocycles. The van der Waals surface area contributed by atoms with Gasteiger partial charge in [-0.3, -0.25) is 0 Å². The molecule has 23 heavy (non-hydrogen) atoms. The predicted molar refractivity (Wildman–Crippen MR) is 98.3 cm³/mol. The summed E-state index contributed by atoms with van der Waals surface area (Å²) in [5.41, 5.74) is 0.935. The molecule has 0 aliphatic rings. The zero-order valence-electron chi connectivity index (χ0n) is 14.7. The van der Waals surface area contributed by atoms with Crippen molar-refractivity contribution in [3.8, 4) is 0 Å². The lowest BCUT2D eigenvalue weighted by Gasteiger charge is -2.20. The summed E-state index contributed by atoms with van der Waals surface area (Å²) >= 11 is 0. The minimum absolute atomic E-state index is 0.153. The van der Waals surface area contributed by atoms with Crippen molar-refractivity contribution in [2.45, 2.75) is 76.9 Å². The highest BCUT2D eigenvalue weighted by molar-refractivity contribution is 5.17. The standard InChI is InChI=1S/C21H34O2/c1-3-5-6-7-8-12-15-20(22)16-18(4-2)17-21(23)19-13-10-9-11-14-19/h4,9-11,13-14,18,20-23H,2-3,5-8,12,15-17H2,1H3. The molecule has 1 rings (SSSR count). The minimum atomic E-state index is -0.486. The van der Waals surface area contributed by atoms with Gasteiger partial charge in [0, 0.05) is 0 Å². The molecule has 3 atom stereocenters. The van der Waals surface area contributed by atoms with Gasteiger partial charge in [-0.25, -0.2) is 0 Å². The van der Waals surface area contributed by atoms with Gasteiger partial charge in [-0.15, -0.1) is 6.58 Å². The third-order valence-electron chi connectivity index (χ3n) is 4.51. The van der Waals surface area contributed by atoms with Crippen LogP contribution in [-0.4, -0.2) is 16.3 Å². The van der Waals surface area contributed by atoms with Gasteiger partial charge in [0.25, 0.3) is 0 Å². The van der Waals surface area contributed by atoms with Crippen molar-refractivity contribution in [3.05, 3.63) is 48.6 Å². The van der Waals surface area contributed by atoms with Crippen LogP contribution in [0.25, 0.3) is 0 Å². The zero-order valence-corrected chi connectivity index (χ0v) is 14.7. The zero-order chi connectivity index (χ0) is 16.9. The molecule has 0 heterocycles. The lowest BCUT2D eigenvalue weighted by Crippen LogP contribution is -2.14. The fourth-order valence-corrected chi connectivity index (χ4v) is 3.01. The van der Waals surface area contributed by atoms with Crippen LogP contribution < -0.4 is 0 Å². The fraction of sp³-hybridized carbons (Fsp3) is 0.619. The molecule has 2 N–H and O–H groups in total. The summed E-state index contributed by atoms with van der Waals surface area (Å²) in [7, 11) is 0. The molecule has 2 nitrogen and oxygen atoms in total. The normalized spacial score (nSPS) is 15.1. The van der Waals surface area contributed by atoms with Crippen molar-refractivity contribution in [3.63, 3.8) is 0 Å². The van der Waals surface area contributed by atoms with E-state index >= 15 is 0 Å². The molecule has 0 saturated heterocycles. The largest absolute Gasteiger partial charge is 0.393 e. The monoisotopic (exact) mass is 318 g/mol. The minimum Gasteiger partial charge on any atom is -0.393 e. The molecule has 0 amide bonds.